The molecule has 6 atom stereocenters. The van der Waals surface area contributed by atoms with Gasteiger partial charge in [-0.3, -0.25) is 28.8 Å². The van der Waals surface area contributed by atoms with Gasteiger partial charge in [-0.15, -0.1) is 0 Å². The Bertz CT molecular complexity index is 1140. The number of hydrogen-bond acceptors (Lipinski definition) is 8. The van der Waals surface area contributed by atoms with E-state index < -0.39 is 71.8 Å². The Morgan fingerprint density at radius 3 is 1.74 bits per heavy atom. The molecule has 46 heavy (non-hydrogen) atoms. The molecule has 0 bridgehead atoms. The Morgan fingerprint density at radius 2 is 1.28 bits per heavy atom. The van der Waals surface area contributed by atoms with E-state index in [0.29, 0.717) is 38.6 Å². The molecular weight excluding hydrogens is 598 g/mol. The molecule has 0 radical (unpaired) electrons. The third kappa shape index (κ3) is 10.4. The van der Waals surface area contributed by atoms with Gasteiger partial charge in [0.15, 0.2) is 0 Å². The number of nitrogens with one attached hydrogen (secondary N) is 3. The Balaban J connectivity index is 2.18. The fraction of sp³-hybridized carbons (Fsp3) is 0.774. The number of rotatable bonds is 16. The number of carboxylic acid groups (broad SMARTS) is 1. The summed E-state index contributed by atoms with van der Waals surface area (Å²) in [7, 11) is 0. The summed E-state index contributed by atoms with van der Waals surface area (Å²) in [6, 6.07) is -5.84. The van der Waals surface area contributed by atoms with E-state index in [1.165, 1.54) is 9.80 Å². The van der Waals surface area contributed by atoms with E-state index >= 15 is 0 Å². The van der Waals surface area contributed by atoms with E-state index in [9.17, 15) is 38.7 Å². The number of primary amides is 1. The van der Waals surface area contributed by atoms with E-state index in [1.807, 2.05) is 27.7 Å². The lowest BCUT2D eigenvalue weighted by Crippen LogP contribution is -2.60. The molecular formula is C31H53N7O8. The van der Waals surface area contributed by atoms with Crippen LogP contribution in [-0.2, 0) is 33.6 Å². The summed E-state index contributed by atoms with van der Waals surface area (Å²) in [5.41, 5.74) is 11.1. The minimum Gasteiger partial charge on any atom is -0.480 e. The highest BCUT2D eigenvalue weighted by Crippen LogP contribution is 2.24. The molecule has 0 aromatic heterocycles. The molecule has 2 aliphatic rings. The van der Waals surface area contributed by atoms with Crippen LogP contribution in [-0.4, -0.2) is 106 Å². The molecule has 2 heterocycles. The van der Waals surface area contributed by atoms with Crippen molar-refractivity contribution in [1.29, 1.82) is 0 Å². The molecule has 0 spiro atoms. The van der Waals surface area contributed by atoms with Crippen molar-refractivity contribution in [3.8, 4) is 0 Å². The van der Waals surface area contributed by atoms with Crippen LogP contribution in [0.3, 0.4) is 0 Å². The van der Waals surface area contributed by atoms with E-state index in [1.54, 1.807) is 13.8 Å². The normalized spacial score (nSPS) is 20.7. The number of nitrogens with two attached hydrogens (primary N) is 2. The summed E-state index contributed by atoms with van der Waals surface area (Å²) in [6.07, 6.45) is 1.67. The maximum atomic E-state index is 13.8. The van der Waals surface area contributed by atoms with Crippen molar-refractivity contribution >= 4 is 41.4 Å². The Morgan fingerprint density at radius 1 is 0.761 bits per heavy atom. The smallest absolute Gasteiger partial charge is 0.326 e. The molecule has 6 unspecified atom stereocenters. The summed E-state index contributed by atoms with van der Waals surface area (Å²) < 4.78 is 0. The van der Waals surface area contributed by atoms with Crippen LogP contribution >= 0.6 is 0 Å². The molecule has 8 N–H and O–H groups in total. The van der Waals surface area contributed by atoms with Crippen molar-refractivity contribution < 1.29 is 38.7 Å². The molecule has 2 fully saturated rings. The number of carboxylic acids is 1. The molecule has 2 rings (SSSR count). The zero-order valence-electron chi connectivity index (χ0n) is 27.9. The summed E-state index contributed by atoms with van der Waals surface area (Å²) >= 11 is 0. The minimum absolute atomic E-state index is 0.0712. The van der Waals surface area contributed by atoms with Gasteiger partial charge in [-0.1, -0.05) is 41.5 Å². The molecule has 260 valence electrons. The highest BCUT2D eigenvalue weighted by atomic mass is 16.4. The van der Waals surface area contributed by atoms with Gasteiger partial charge in [0.1, 0.15) is 30.2 Å². The van der Waals surface area contributed by atoms with Crippen molar-refractivity contribution in [2.75, 3.05) is 13.1 Å². The lowest BCUT2D eigenvalue weighted by molar-refractivity contribution is -0.146. The Kier molecular flexibility index (Phi) is 14.4. The van der Waals surface area contributed by atoms with Crippen LogP contribution in [0.2, 0.25) is 0 Å². The van der Waals surface area contributed by atoms with Crippen LogP contribution in [0.1, 0.15) is 86.5 Å². The lowest BCUT2D eigenvalue weighted by Gasteiger charge is -2.33. The van der Waals surface area contributed by atoms with Crippen LogP contribution in [0, 0.1) is 17.8 Å². The number of carbonyl (C=O) groups is 7. The van der Waals surface area contributed by atoms with Crippen LogP contribution in [0.15, 0.2) is 0 Å². The molecule has 2 aliphatic heterocycles. The van der Waals surface area contributed by atoms with Crippen LogP contribution in [0.5, 0.6) is 0 Å². The fourth-order valence-electron chi connectivity index (χ4n) is 5.82. The summed E-state index contributed by atoms with van der Waals surface area (Å²) in [4.78, 5) is 92.6. The maximum absolute atomic E-state index is 13.8. The number of carbonyl (C=O) groups excluding carboxylic acids is 6. The summed E-state index contributed by atoms with van der Waals surface area (Å²) in [5.74, 6) is -4.96. The first-order valence-corrected chi connectivity index (χ1v) is 16.2. The molecule has 15 heteroatoms. The molecule has 0 aliphatic carbocycles. The average molecular weight is 652 g/mol. The minimum atomic E-state index is -1.35. The fourth-order valence-corrected chi connectivity index (χ4v) is 5.82. The van der Waals surface area contributed by atoms with Gasteiger partial charge in [-0.05, 0) is 56.3 Å². The Hall–Kier alpha value is -3.75. The largest absolute Gasteiger partial charge is 0.480 e. The van der Waals surface area contributed by atoms with Gasteiger partial charge in [0, 0.05) is 19.5 Å². The third-order valence-corrected chi connectivity index (χ3v) is 8.54. The predicted octanol–water partition coefficient (Wildman–Crippen LogP) is -0.542. The highest BCUT2D eigenvalue weighted by molar-refractivity contribution is 5.97. The predicted molar refractivity (Wildman–Crippen MR) is 168 cm³/mol. The van der Waals surface area contributed by atoms with Crippen molar-refractivity contribution in [3.05, 3.63) is 0 Å². The first-order chi connectivity index (χ1) is 21.5. The van der Waals surface area contributed by atoms with E-state index in [-0.39, 0.29) is 43.0 Å². The zero-order chi connectivity index (χ0) is 34.9. The monoisotopic (exact) mass is 651 g/mol. The van der Waals surface area contributed by atoms with Gasteiger partial charge in [-0.25, -0.2) is 4.79 Å². The van der Waals surface area contributed by atoms with E-state index in [0.717, 1.165) is 0 Å². The van der Waals surface area contributed by atoms with Gasteiger partial charge < -0.3 is 42.3 Å². The first-order valence-electron chi connectivity index (χ1n) is 16.2. The van der Waals surface area contributed by atoms with Gasteiger partial charge in [-0.2, -0.15) is 0 Å². The second-order valence-corrected chi connectivity index (χ2v) is 13.5. The number of nitrogens with zero attached hydrogens (tertiary/aromatic N) is 2. The van der Waals surface area contributed by atoms with Crippen molar-refractivity contribution in [2.45, 2.75) is 123 Å². The van der Waals surface area contributed by atoms with Crippen LogP contribution in [0.4, 0.5) is 0 Å². The van der Waals surface area contributed by atoms with Gasteiger partial charge in [0.2, 0.25) is 35.4 Å². The topological polar surface area (TPSA) is 234 Å². The number of aliphatic carboxylic acids is 1. The van der Waals surface area contributed by atoms with E-state index in [2.05, 4.69) is 16.0 Å². The van der Waals surface area contributed by atoms with Crippen molar-refractivity contribution in [2.24, 2.45) is 29.2 Å². The highest BCUT2D eigenvalue weighted by Gasteiger charge is 2.43. The molecule has 0 saturated carbocycles. The van der Waals surface area contributed by atoms with Crippen molar-refractivity contribution in [3.63, 3.8) is 0 Å². The van der Waals surface area contributed by atoms with Crippen molar-refractivity contribution in [1.82, 2.24) is 25.8 Å². The number of hydrogen-bond donors (Lipinski definition) is 6. The second kappa shape index (κ2) is 17.2. The third-order valence-electron chi connectivity index (χ3n) is 8.54. The first kappa shape index (κ1) is 38.4. The Labute approximate surface area is 270 Å². The maximum Gasteiger partial charge on any atom is 0.326 e. The van der Waals surface area contributed by atoms with Gasteiger partial charge >= 0.3 is 5.97 Å². The standard InChI is InChI=1S/C31H53N7O8/c1-16(2)15-20(35-28(42)24(33)17(3)4)29(43)37-13-7-10-22(37)27(41)36-25(18(5)6)30(44)38-14-8-9-21(38)26(40)34-19(31(45)46)11-12-23(32)39/h16-22,24-25H,7-15,33H2,1-6H3,(H2,32,39)(H,34,40)(H,35,42)(H,36,41)(H,45,46). The lowest BCUT2D eigenvalue weighted by atomic mass is 9.99. The van der Waals surface area contributed by atoms with Gasteiger partial charge in [0.25, 0.3) is 0 Å². The quantitative estimate of drug-likeness (QED) is 0.126. The molecule has 2 saturated heterocycles. The summed E-state index contributed by atoms with van der Waals surface area (Å²) in [6.45, 7) is 11.5. The summed E-state index contributed by atoms with van der Waals surface area (Å²) in [5, 5.41) is 17.5. The van der Waals surface area contributed by atoms with Crippen LogP contribution < -0.4 is 27.4 Å². The molecule has 15 nitrogen and oxygen atoms in total. The molecule has 0 aromatic rings. The number of amides is 6. The molecule has 0 aromatic carbocycles. The average Bonchev–Trinajstić information content (AvgIpc) is 3.66. The van der Waals surface area contributed by atoms with E-state index in [4.69, 9.17) is 11.5 Å². The second-order valence-electron chi connectivity index (χ2n) is 13.5. The zero-order valence-corrected chi connectivity index (χ0v) is 27.9. The van der Waals surface area contributed by atoms with Gasteiger partial charge in [0.05, 0.1) is 6.04 Å². The SMILES string of the molecule is CC(C)CC(NC(=O)C(N)C(C)C)C(=O)N1CCCC1C(=O)NC(C(=O)N1CCCC1C(=O)NC(CCC(N)=O)C(=O)O)C(C)C. The molecule has 6 amide bonds. The van der Waals surface area contributed by atoms with Crippen LogP contribution in [0.25, 0.3) is 0 Å². The number of likely N-dealkylation sites (tertiary alicyclic amines) is 2.